The fourth-order valence-corrected chi connectivity index (χ4v) is 2.73. The number of nitriles is 1. The zero-order chi connectivity index (χ0) is 17.8. The van der Waals surface area contributed by atoms with Crippen molar-refractivity contribution in [1.82, 2.24) is 29.5 Å². The Hall–Kier alpha value is -3.73. The molecule has 4 rings (SSSR count). The van der Waals surface area contributed by atoms with Gasteiger partial charge in [0.05, 0.1) is 49.0 Å². The molecule has 0 fully saturated rings. The Morgan fingerprint density at radius 1 is 1.08 bits per heavy atom. The fourth-order valence-electron chi connectivity index (χ4n) is 2.73. The van der Waals surface area contributed by atoms with Gasteiger partial charge in [0.15, 0.2) is 5.65 Å². The van der Waals surface area contributed by atoms with E-state index in [2.05, 4.69) is 43.7 Å². The number of hydrogen-bond donors (Lipinski definition) is 1. The predicted octanol–water partition coefficient (Wildman–Crippen LogP) is 2.73. The number of nitrogens with one attached hydrogen (secondary N) is 1. The molecule has 26 heavy (non-hydrogen) atoms. The summed E-state index contributed by atoms with van der Waals surface area (Å²) in [6.07, 6.45) is 7.28. The molecule has 0 saturated carbocycles. The van der Waals surface area contributed by atoms with Crippen LogP contribution >= 0.6 is 0 Å². The molecule has 0 aliphatic rings. The van der Waals surface area contributed by atoms with E-state index in [4.69, 9.17) is 5.26 Å². The number of nitrogens with zero attached hydrogens (tertiary/aromatic N) is 7. The molecule has 3 heterocycles. The highest BCUT2D eigenvalue weighted by atomic mass is 15.3. The Labute approximate surface area is 149 Å². The number of rotatable bonds is 6. The van der Waals surface area contributed by atoms with E-state index in [1.165, 1.54) is 11.9 Å². The lowest BCUT2D eigenvalue weighted by Crippen LogP contribution is -2.01. The van der Waals surface area contributed by atoms with Gasteiger partial charge in [0.1, 0.15) is 12.1 Å². The Morgan fingerprint density at radius 3 is 2.81 bits per heavy atom. The molecule has 0 bridgehead atoms. The molecule has 0 aliphatic carbocycles. The average Bonchev–Trinajstić information content (AvgIpc) is 3.28. The zero-order valence-electron chi connectivity index (χ0n) is 13.9. The molecule has 8 nitrogen and oxygen atoms in total. The molecule has 1 N–H and O–H groups in total. The minimum absolute atomic E-state index is 0.385. The summed E-state index contributed by atoms with van der Waals surface area (Å²) in [6.45, 7) is 1.21. The van der Waals surface area contributed by atoms with Crippen LogP contribution in [0.25, 0.3) is 11.0 Å². The summed E-state index contributed by atoms with van der Waals surface area (Å²) < 4.78 is 3.58. The van der Waals surface area contributed by atoms with Crippen molar-refractivity contribution in [3.8, 4) is 6.07 Å². The van der Waals surface area contributed by atoms with Crippen molar-refractivity contribution in [2.75, 3.05) is 5.32 Å². The van der Waals surface area contributed by atoms with Crippen LogP contribution in [0.2, 0.25) is 0 Å². The van der Waals surface area contributed by atoms with Crippen molar-refractivity contribution in [2.24, 2.45) is 0 Å². The second kappa shape index (κ2) is 7.03. The molecule has 0 amide bonds. The van der Waals surface area contributed by atoms with Gasteiger partial charge < -0.3 is 5.32 Å². The maximum atomic E-state index is 8.75. The molecule has 3 aromatic heterocycles. The molecule has 128 valence electrons. The third-order valence-electron chi connectivity index (χ3n) is 3.95. The minimum Gasteiger partial charge on any atom is -0.337 e. The molecular weight excluding hydrogens is 328 g/mol. The maximum absolute atomic E-state index is 8.75. The van der Waals surface area contributed by atoms with Crippen LogP contribution in [0.4, 0.5) is 11.5 Å². The summed E-state index contributed by atoms with van der Waals surface area (Å²) in [5, 5.41) is 21.5. The minimum atomic E-state index is 0.385. The van der Waals surface area contributed by atoms with E-state index >= 15 is 0 Å². The van der Waals surface area contributed by atoms with E-state index < -0.39 is 0 Å². The van der Waals surface area contributed by atoms with Crippen LogP contribution in [0.5, 0.6) is 0 Å². The Kier molecular flexibility index (Phi) is 4.26. The molecular formula is C18H16N8. The number of benzene rings is 1. The van der Waals surface area contributed by atoms with E-state index in [0.29, 0.717) is 31.0 Å². The Balaban J connectivity index is 1.54. The standard InChI is InChI=1S/C18H16N8/c19-7-4-8-26-18-16(10-23-26)17(20-13-21-18)24-15-9-22-25(12-15)11-14-5-2-1-3-6-14/h1-3,5-6,9-10,12-13H,4,8,11H2,(H,20,21,24). The van der Waals surface area contributed by atoms with Crippen LogP contribution in [0.3, 0.4) is 0 Å². The number of aromatic nitrogens is 6. The fraction of sp³-hybridized carbons (Fsp3) is 0.167. The quantitative estimate of drug-likeness (QED) is 0.577. The molecule has 4 aromatic rings. The molecule has 0 unspecified atom stereocenters. The first-order valence-corrected chi connectivity index (χ1v) is 8.20. The summed E-state index contributed by atoms with van der Waals surface area (Å²) in [7, 11) is 0. The van der Waals surface area contributed by atoms with Gasteiger partial charge in [-0.25, -0.2) is 14.6 Å². The smallest absolute Gasteiger partial charge is 0.163 e. The van der Waals surface area contributed by atoms with E-state index in [-0.39, 0.29) is 0 Å². The first kappa shape index (κ1) is 15.8. The topological polar surface area (TPSA) is 97.2 Å². The number of anilines is 2. The van der Waals surface area contributed by atoms with Crippen LogP contribution in [0.1, 0.15) is 12.0 Å². The van der Waals surface area contributed by atoms with E-state index in [9.17, 15) is 0 Å². The van der Waals surface area contributed by atoms with E-state index in [1.807, 2.05) is 29.1 Å². The molecule has 0 radical (unpaired) electrons. The van der Waals surface area contributed by atoms with Crippen LogP contribution in [0, 0.1) is 11.3 Å². The van der Waals surface area contributed by atoms with Crippen molar-refractivity contribution in [3.63, 3.8) is 0 Å². The zero-order valence-corrected chi connectivity index (χ0v) is 13.9. The third-order valence-corrected chi connectivity index (χ3v) is 3.95. The molecule has 8 heteroatoms. The highest BCUT2D eigenvalue weighted by Gasteiger charge is 2.10. The number of hydrogen-bond acceptors (Lipinski definition) is 6. The van der Waals surface area contributed by atoms with Gasteiger partial charge in [-0.05, 0) is 5.56 Å². The SMILES string of the molecule is N#CCCn1ncc2c(Nc3cnn(Cc4ccccc4)c3)ncnc21. The maximum Gasteiger partial charge on any atom is 0.163 e. The highest BCUT2D eigenvalue weighted by molar-refractivity contribution is 5.88. The van der Waals surface area contributed by atoms with Crippen LogP contribution in [-0.2, 0) is 13.1 Å². The van der Waals surface area contributed by atoms with Crippen molar-refractivity contribution in [1.29, 1.82) is 5.26 Å². The molecule has 1 aromatic carbocycles. The van der Waals surface area contributed by atoms with E-state index in [1.54, 1.807) is 17.1 Å². The lowest BCUT2D eigenvalue weighted by atomic mass is 10.2. The summed E-state index contributed by atoms with van der Waals surface area (Å²) in [6, 6.07) is 12.3. The van der Waals surface area contributed by atoms with Crippen LogP contribution in [0.15, 0.2) is 55.2 Å². The van der Waals surface area contributed by atoms with Crippen molar-refractivity contribution in [2.45, 2.75) is 19.5 Å². The van der Waals surface area contributed by atoms with Gasteiger partial charge in [-0.2, -0.15) is 15.5 Å². The summed E-state index contributed by atoms with van der Waals surface area (Å²) >= 11 is 0. The third kappa shape index (κ3) is 3.23. The van der Waals surface area contributed by atoms with Crippen LogP contribution < -0.4 is 5.32 Å². The van der Waals surface area contributed by atoms with Gasteiger partial charge in [0, 0.05) is 6.20 Å². The highest BCUT2D eigenvalue weighted by Crippen LogP contribution is 2.22. The van der Waals surface area contributed by atoms with Gasteiger partial charge in [-0.1, -0.05) is 30.3 Å². The molecule has 0 saturated heterocycles. The largest absolute Gasteiger partial charge is 0.337 e. The van der Waals surface area contributed by atoms with Crippen LogP contribution in [-0.4, -0.2) is 29.5 Å². The first-order valence-electron chi connectivity index (χ1n) is 8.20. The van der Waals surface area contributed by atoms with Crippen molar-refractivity contribution < 1.29 is 0 Å². The number of aryl methyl sites for hydroxylation is 1. The predicted molar refractivity (Wildman–Crippen MR) is 96.6 cm³/mol. The molecule has 0 aliphatic heterocycles. The second-order valence-electron chi connectivity index (χ2n) is 5.77. The van der Waals surface area contributed by atoms with Gasteiger partial charge >= 0.3 is 0 Å². The first-order chi connectivity index (χ1) is 12.8. The number of fused-ring (bicyclic) bond motifs is 1. The van der Waals surface area contributed by atoms with Gasteiger partial charge in [-0.15, -0.1) is 0 Å². The summed E-state index contributed by atoms with van der Waals surface area (Å²) in [5.74, 6) is 0.664. The lowest BCUT2D eigenvalue weighted by molar-refractivity contribution is 0.643. The summed E-state index contributed by atoms with van der Waals surface area (Å²) in [4.78, 5) is 8.59. The van der Waals surface area contributed by atoms with Gasteiger partial charge in [-0.3, -0.25) is 4.68 Å². The van der Waals surface area contributed by atoms with E-state index in [0.717, 1.165) is 11.1 Å². The van der Waals surface area contributed by atoms with Crippen molar-refractivity contribution in [3.05, 3.63) is 60.8 Å². The van der Waals surface area contributed by atoms with Gasteiger partial charge in [0.2, 0.25) is 0 Å². The molecule has 0 atom stereocenters. The Morgan fingerprint density at radius 2 is 1.96 bits per heavy atom. The molecule has 0 spiro atoms. The monoisotopic (exact) mass is 344 g/mol. The lowest BCUT2D eigenvalue weighted by Gasteiger charge is -2.04. The Bertz CT molecular complexity index is 1060. The average molecular weight is 344 g/mol. The second-order valence-corrected chi connectivity index (χ2v) is 5.77. The van der Waals surface area contributed by atoms with Crippen molar-refractivity contribution >= 4 is 22.5 Å². The summed E-state index contributed by atoms with van der Waals surface area (Å²) in [5.41, 5.74) is 2.73. The normalized spacial score (nSPS) is 10.7. The van der Waals surface area contributed by atoms with Gasteiger partial charge in [0.25, 0.3) is 0 Å².